The number of Topliss-reactive ketones (excluding diaryl/α,β-unsaturated/α-hetero) is 2. The molecule has 0 bridgehead atoms. The van der Waals surface area contributed by atoms with E-state index in [1.165, 1.54) is 37.3 Å². The molecule has 0 saturated heterocycles. The molecule has 4 N–H and O–H groups in total. The molecule has 0 radical (unpaired) electrons. The smallest absolute Gasteiger partial charge is 0.408 e. The predicted octanol–water partition coefficient (Wildman–Crippen LogP) is 12.0. The van der Waals surface area contributed by atoms with Crippen molar-refractivity contribution in [1.29, 1.82) is 0 Å². The second kappa shape index (κ2) is 22.7. The molecule has 9 rings (SSSR count). The Kier molecular flexibility index (Phi) is 16.0. The molecule has 7 unspecified atom stereocenters. The van der Waals surface area contributed by atoms with Crippen molar-refractivity contribution < 1.29 is 33.4 Å². The van der Waals surface area contributed by atoms with Gasteiger partial charge in [0.2, 0.25) is 0 Å². The summed E-state index contributed by atoms with van der Waals surface area (Å²) in [6.45, 7) is 5.82. The topological polar surface area (TPSA) is 177 Å². The third-order valence-corrected chi connectivity index (χ3v) is 16.6. The van der Waals surface area contributed by atoms with E-state index in [4.69, 9.17) is 24.2 Å². The molecule has 3 saturated carbocycles. The van der Waals surface area contributed by atoms with Gasteiger partial charge in [0.15, 0.2) is 17.6 Å². The highest BCUT2D eigenvalue weighted by Crippen LogP contribution is 2.54. The Balaban J connectivity index is 0.953. The number of H-pyrrole nitrogens is 2. The van der Waals surface area contributed by atoms with Gasteiger partial charge in [-0.15, -0.1) is 5.92 Å². The van der Waals surface area contributed by atoms with E-state index in [-0.39, 0.29) is 46.8 Å². The van der Waals surface area contributed by atoms with E-state index in [1.807, 2.05) is 33.2 Å². The van der Waals surface area contributed by atoms with Crippen LogP contribution in [0.15, 0.2) is 48.8 Å². The Morgan fingerprint density at radius 3 is 2.29 bits per heavy atom. The molecule has 382 valence electrons. The lowest BCUT2D eigenvalue weighted by atomic mass is 9.68. The lowest BCUT2D eigenvalue weighted by molar-refractivity contribution is -0.124. The zero-order valence-electron chi connectivity index (χ0n) is 43.0. The minimum Gasteiger partial charge on any atom is -0.486 e. The second-order valence-electron chi connectivity index (χ2n) is 21.5. The normalized spacial score (nSPS) is 23.2. The molecule has 13 nitrogen and oxygen atoms in total. The van der Waals surface area contributed by atoms with E-state index >= 15 is 0 Å². The van der Waals surface area contributed by atoms with Gasteiger partial charge in [-0.1, -0.05) is 95.6 Å². The number of nitrogens with one attached hydrogen (secondary N) is 4. The van der Waals surface area contributed by atoms with Gasteiger partial charge in [-0.3, -0.25) is 9.59 Å². The minimum absolute atomic E-state index is 0.0168. The number of ketones is 2. The summed E-state index contributed by atoms with van der Waals surface area (Å²) >= 11 is 0. The third-order valence-electron chi connectivity index (χ3n) is 16.6. The number of aromatic nitrogens is 4. The Bertz CT molecular complexity index is 2700. The monoisotopic (exact) mass is 979 g/mol. The van der Waals surface area contributed by atoms with Gasteiger partial charge in [-0.2, -0.15) is 0 Å². The fourth-order valence-electron chi connectivity index (χ4n) is 12.8. The van der Waals surface area contributed by atoms with Gasteiger partial charge in [-0.05, 0) is 111 Å². The molecule has 13 heteroatoms. The summed E-state index contributed by atoms with van der Waals surface area (Å²) < 4.78 is 17.0. The van der Waals surface area contributed by atoms with Crippen molar-refractivity contribution >= 4 is 35.4 Å². The fraction of sp³-hybridized carbons (Fsp3) is 0.559. The highest BCUT2D eigenvalue weighted by Gasteiger charge is 2.48. The number of benzene rings is 2. The van der Waals surface area contributed by atoms with Gasteiger partial charge >= 0.3 is 12.2 Å². The molecule has 5 aliphatic rings. The summed E-state index contributed by atoms with van der Waals surface area (Å²) in [5.41, 5.74) is 8.79. The molecule has 2 amide bonds. The third kappa shape index (κ3) is 11.1. The average Bonchev–Trinajstić information content (AvgIpc) is 3.98. The molecule has 4 aliphatic carbocycles. The number of methoxy groups -OCH3 is 2. The number of ether oxygens (including phenoxy) is 3. The van der Waals surface area contributed by atoms with Gasteiger partial charge in [0.05, 0.1) is 44.0 Å². The lowest BCUT2D eigenvalue weighted by Gasteiger charge is -2.48. The first-order valence-corrected chi connectivity index (χ1v) is 27.0. The van der Waals surface area contributed by atoms with Crippen LogP contribution in [0.25, 0.3) is 34.2 Å². The molecule has 3 heterocycles. The first-order valence-electron chi connectivity index (χ1n) is 27.0. The van der Waals surface area contributed by atoms with Crippen molar-refractivity contribution in [1.82, 2.24) is 30.6 Å². The van der Waals surface area contributed by atoms with E-state index in [0.717, 1.165) is 142 Å². The maximum atomic E-state index is 14.2. The molecule has 3 fully saturated rings. The summed E-state index contributed by atoms with van der Waals surface area (Å²) in [6.07, 6.45) is 23.2. The molecule has 72 heavy (non-hydrogen) atoms. The van der Waals surface area contributed by atoms with Gasteiger partial charge in [-0.25, -0.2) is 19.6 Å². The van der Waals surface area contributed by atoms with Gasteiger partial charge < -0.3 is 34.8 Å². The van der Waals surface area contributed by atoms with Gasteiger partial charge in [0.1, 0.15) is 23.0 Å². The zero-order chi connectivity index (χ0) is 50.4. The maximum Gasteiger partial charge on any atom is 0.408 e. The van der Waals surface area contributed by atoms with Crippen LogP contribution < -0.4 is 15.4 Å². The predicted molar refractivity (Wildman–Crippen MR) is 279 cm³/mol. The van der Waals surface area contributed by atoms with E-state index in [0.29, 0.717) is 25.2 Å². The molecule has 1 aliphatic heterocycles. The number of alkyl carbamates (subject to hydrolysis) is 2. The largest absolute Gasteiger partial charge is 0.486 e. The van der Waals surface area contributed by atoms with Crippen LogP contribution in [0.3, 0.4) is 0 Å². The van der Waals surface area contributed by atoms with Crippen LogP contribution in [-0.2, 0) is 25.5 Å². The highest BCUT2D eigenvalue weighted by molar-refractivity contribution is 5.93. The number of imidazole rings is 2. The maximum absolute atomic E-state index is 14.2. The number of hydrogen-bond acceptors (Lipinski definition) is 9. The van der Waals surface area contributed by atoms with Crippen molar-refractivity contribution in [2.45, 2.75) is 172 Å². The number of hydrogen-bond donors (Lipinski definition) is 4. The molecule has 2 aromatic heterocycles. The second-order valence-corrected chi connectivity index (χ2v) is 21.5. The van der Waals surface area contributed by atoms with Crippen LogP contribution in [0.5, 0.6) is 5.75 Å². The molecule has 4 aromatic rings. The number of nitrogens with zero attached hydrogens (tertiary/aromatic N) is 2. The SMILES string of the molecule is CCC#CC(NC(=O)OC)C(=O)C1CCCCCC1c1ncc(-c2ccc3c(c2)C=C2c4ccc(-c5cnc(C6CCCC(CCC(=O)C(NC(=O)OC)C(C)C)C6)[nH]5)cc4OC4(CCCCC4)C2CC3)[nH]1. The van der Waals surface area contributed by atoms with Crippen LogP contribution in [0.2, 0.25) is 0 Å². The number of amides is 2. The number of carbonyl (C=O) groups is 4. The number of fused-ring (bicyclic) bond motifs is 5. The molecule has 1 spiro atoms. The van der Waals surface area contributed by atoms with Crippen molar-refractivity contribution in [3.05, 3.63) is 77.1 Å². The summed E-state index contributed by atoms with van der Waals surface area (Å²) in [4.78, 5) is 68.9. The highest BCUT2D eigenvalue weighted by atomic mass is 16.5. The summed E-state index contributed by atoms with van der Waals surface area (Å²) in [6, 6.07) is 12.0. The quantitative estimate of drug-likeness (QED) is 0.0750. The fourth-order valence-corrected chi connectivity index (χ4v) is 12.8. The molecular weight excluding hydrogens is 905 g/mol. The van der Waals surface area contributed by atoms with E-state index in [2.05, 4.69) is 74.9 Å². The average molecular weight is 979 g/mol. The molecule has 7 atom stereocenters. The number of rotatable bonds is 13. The Hall–Kier alpha value is -6.16. The van der Waals surface area contributed by atoms with Crippen LogP contribution in [0.4, 0.5) is 9.59 Å². The van der Waals surface area contributed by atoms with Crippen molar-refractivity contribution in [3.8, 4) is 40.1 Å². The minimum atomic E-state index is -0.937. The number of aryl methyl sites for hydroxylation is 1. The molecule has 2 aromatic carbocycles. The van der Waals surface area contributed by atoms with Crippen LogP contribution >= 0.6 is 0 Å². The van der Waals surface area contributed by atoms with Crippen molar-refractivity contribution in [2.24, 2.45) is 23.7 Å². The van der Waals surface area contributed by atoms with Crippen LogP contribution in [0.1, 0.15) is 177 Å². The Labute approximate surface area is 425 Å². The van der Waals surface area contributed by atoms with Crippen molar-refractivity contribution in [2.75, 3.05) is 14.2 Å². The van der Waals surface area contributed by atoms with Crippen LogP contribution in [0, 0.1) is 35.5 Å². The van der Waals surface area contributed by atoms with Crippen molar-refractivity contribution in [3.63, 3.8) is 0 Å². The first-order chi connectivity index (χ1) is 35.0. The van der Waals surface area contributed by atoms with E-state index in [1.54, 1.807) is 0 Å². The Morgan fingerprint density at radius 1 is 0.819 bits per heavy atom. The summed E-state index contributed by atoms with van der Waals surface area (Å²) in [7, 11) is 2.62. The lowest BCUT2D eigenvalue weighted by Crippen LogP contribution is -2.48. The first kappa shape index (κ1) is 50.8. The number of aromatic amines is 2. The number of carbonyl (C=O) groups excluding carboxylic acids is 4. The van der Waals surface area contributed by atoms with Crippen LogP contribution in [-0.4, -0.2) is 75.6 Å². The summed E-state index contributed by atoms with van der Waals surface area (Å²) in [5.74, 6) is 9.19. The zero-order valence-corrected chi connectivity index (χ0v) is 43.0. The standard InChI is InChI=1S/C59H74N6O7/c1-6-7-19-48(64-57(68)70-4)54(67)44-17-10-8-11-18-45(44)56-61-35-49(63-56)39-22-21-38-24-26-47-46(32-42(38)31-39)43-25-23-40(33-52(43)72-59(47)28-12-9-13-29-59)50-34-60-55(62-50)41-16-14-15-37(30-41)20-27-51(66)53(36(2)3)65-58(69)71-5/h21-23,25,31-37,41,44-45,47-48,53H,6,8-18,20,24,26-30H2,1-5H3,(H,60,62)(H,61,63)(H,64,68)(H,65,69). The van der Waals surface area contributed by atoms with E-state index in [9.17, 15) is 19.2 Å². The van der Waals surface area contributed by atoms with Gasteiger partial charge in [0, 0.05) is 53.2 Å². The molecular formula is C59H74N6O7. The summed E-state index contributed by atoms with van der Waals surface area (Å²) in [5, 5.41) is 5.42. The van der Waals surface area contributed by atoms with Gasteiger partial charge in [0.25, 0.3) is 0 Å². The van der Waals surface area contributed by atoms with E-state index < -0.39 is 24.3 Å². The Morgan fingerprint density at radius 2 is 1.53 bits per heavy atom.